The molecule has 1 aliphatic carbocycles. The van der Waals surface area contributed by atoms with Gasteiger partial charge in [-0.1, -0.05) is 18.2 Å². The third-order valence-corrected chi connectivity index (χ3v) is 2.89. The molecule has 2 rings (SSSR count). The molecule has 0 spiro atoms. The highest BCUT2D eigenvalue weighted by Crippen LogP contribution is 2.18. The summed E-state index contributed by atoms with van der Waals surface area (Å²) in [4.78, 5) is 23.1. The molecule has 0 heterocycles. The van der Waals surface area contributed by atoms with E-state index in [0.29, 0.717) is 5.56 Å². The molecule has 1 aliphatic rings. The maximum absolute atomic E-state index is 13.3. The van der Waals surface area contributed by atoms with E-state index >= 15 is 0 Å². The average molecular weight is 277 g/mol. The van der Waals surface area contributed by atoms with E-state index in [0.717, 1.165) is 18.9 Å². The van der Waals surface area contributed by atoms with Gasteiger partial charge in [-0.2, -0.15) is 0 Å². The summed E-state index contributed by atoms with van der Waals surface area (Å²) < 4.78 is 18.3. The van der Waals surface area contributed by atoms with E-state index in [1.165, 1.54) is 19.1 Å². The molecule has 0 aliphatic heterocycles. The molecule has 1 atom stereocenters. The van der Waals surface area contributed by atoms with Gasteiger partial charge in [0.1, 0.15) is 5.82 Å². The summed E-state index contributed by atoms with van der Waals surface area (Å²) in [5.74, 6) is -1.40. The minimum atomic E-state index is -0.853. The molecule has 106 valence electrons. The van der Waals surface area contributed by atoms with Crippen molar-refractivity contribution in [3.8, 4) is 0 Å². The summed E-state index contributed by atoms with van der Waals surface area (Å²) in [6.07, 6.45) is 3.52. The van der Waals surface area contributed by atoms with Crippen LogP contribution in [0.1, 0.15) is 25.3 Å². The Hall–Kier alpha value is -2.17. The largest absolute Gasteiger partial charge is 0.449 e. The monoisotopic (exact) mass is 277 g/mol. The third-order valence-electron chi connectivity index (χ3n) is 2.89. The number of hydrogen-bond donors (Lipinski definition) is 1. The van der Waals surface area contributed by atoms with E-state index in [-0.39, 0.29) is 11.9 Å². The van der Waals surface area contributed by atoms with Crippen LogP contribution in [0.4, 0.5) is 4.39 Å². The molecule has 1 saturated carbocycles. The smallest absolute Gasteiger partial charge is 0.331 e. The standard InChI is InChI=1S/C15H16FNO3/c1-10(15(19)17-12-7-8-12)20-14(18)9-6-11-4-2-3-5-13(11)16/h2-6,9-10,12H,7-8H2,1H3,(H,17,19)/b9-6+/t10-/m0/s1. The predicted molar refractivity (Wildman–Crippen MR) is 72.2 cm³/mol. The van der Waals surface area contributed by atoms with Crippen LogP contribution < -0.4 is 5.32 Å². The van der Waals surface area contributed by atoms with Crippen molar-refractivity contribution in [2.75, 3.05) is 0 Å². The van der Waals surface area contributed by atoms with Crippen molar-refractivity contribution in [1.82, 2.24) is 5.32 Å². The van der Waals surface area contributed by atoms with Crippen LogP contribution in [0.15, 0.2) is 30.3 Å². The fourth-order valence-electron chi connectivity index (χ4n) is 1.58. The van der Waals surface area contributed by atoms with Gasteiger partial charge in [0.05, 0.1) is 0 Å². The van der Waals surface area contributed by atoms with Crippen molar-refractivity contribution in [1.29, 1.82) is 0 Å². The highest BCUT2D eigenvalue weighted by molar-refractivity contribution is 5.90. The number of benzene rings is 1. The zero-order valence-corrected chi connectivity index (χ0v) is 11.1. The summed E-state index contributed by atoms with van der Waals surface area (Å²) >= 11 is 0. The molecule has 4 nitrogen and oxygen atoms in total. The summed E-state index contributed by atoms with van der Waals surface area (Å²) in [5, 5.41) is 2.74. The maximum Gasteiger partial charge on any atom is 0.331 e. The van der Waals surface area contributed by atoms with Crippen LogP contribution in [0.3, 0.4) is 0 Å². The van der Waals surface area contributed by atoms with Crippen LogP contribution in [0, 0.1) is 5.82 Å². The van der Waals surface area contributed by atoms with Gasteiger partial charge in [0.25, 0.3) is 5.91 Å². The van der Waals surface area contributed by atoms with E-state index in [1.54, 1.807) is 18.2 Å². The molecule has 1 amide bonds. The molecular weight excluding hydrogens is 261 g/mol. The molecule has 1 aromatic rings. The number of carbonyl (C=O) groups excluding carboxylic acids is 2. The van der Waals surface area contributed by atoms with Crippen molar-refractivity contribution in [2.45, 2.75) is 31.9 Å². The Balaban J connectivity index is 1.85. The quantitative estimate of drug-likeness (QED) is 0.662. The Morgan fingerprint density at radius 2 is 2.10 bits per heavy atom. The fourth-order valence-corrected chi connectivity index (χ4v) is 1.58. The first-order valence-corrected chi connectivity index (χ1v) is 6.50. The molecule has 20 heavy (non-hydrogen) atoms. The lowest BCUT2D eigenvalue weighted by molar-refractivity contribution is -0.150. The number of carbonyl (C=O) groups is 2. The van der Waals surface area contributed by atoms with E-state index in [1.807, 2.05) is 0 Å². The summed E-state index contributed by atoms with van der Waals surface area (Å²) in [6, 6.07) is 6.30. The topological polar surface area (TPSA) is 55.4 Å². The van der Waals surface area contributed by atoms with Crippen LogP contribution in [0.5, 0.6) is 0 Å². The first-order valence-electron chi connectivity index (χ1n) is 6.50. The van der Waals surface area contributed by atoms with Crippen molar-refractivity contribution in [3.63, 3.8) is 0 Å². The van der Waals surface area contributed by atoms with E-state index in [2.05, 4.69) is 5.32 Å². The minimum absolute atomic E-state index is 0.220. The number of ether oxygens (including phenoxy) is 1. The Bertz CT molecular complexity index is 538. The lowest BCUT2D eigenvalue weighted by Gasteiger charge is -2.11. The van der Waals surface area contributed by atoms with Gasteiger partial charge < -0.3 is 10.1 Å². The molecule has 5 heteroatoms. The Kier molecular flexibility index (Phi) is 4.50. The Morgan fingerprint density at radius 3 is 2.75 bits per heavy atom. The number of nitrogens with one attached hydrogen (secondary N) is 1. The van der Waals surface area contributed by atoms with Crippen LogP contribution in [-0.4, -0.2) is 24.0 Å². The third kappa shape index (κ3) is 4.19. The molecule has 0 radical (unpaired) electrons. The van der Waals surface area contributed by atoms with Gasteiger partial charge in [0, 0.05) is 17.7 Å². The molecule has 0 saturated heterocycles. The number of amides is 1. The van der Waals surface area contributed by atoms with Crippen LogP contribution in [0.25, 0.3) is 6.08 Å². The molecular formula is C15H16FNO3. The van der Waals surface area contributed by atoms with Crippen molar-refractivity contribution < 1.29 is 18.7 Å². The van der Waals surface area contributed by atoms with Gasteiger partial charge in [-0.15, -0.1) is 0 Å². The van der Waals surface area contributed by atoms with Gasteiger partial charge in [-0.25, -0.2) is 9.18 Å². The molecule has 0 unspecified atom stereocenters. The number of rotatable bonds is 5. The first-order chi connectivity index (χ1) is 9.56. The maximum atomic E-state index is 13.3. The lowest BCUT2D eigenvalue weighted by atomic mass is 10.2. The van der Waals surface area contributed by atoms with Crippen molar-refractivity contribution in [3.05, 3.63) is 41.7 Å². The molecule has 0 aromatic heterocycles. The molecule has 1 N–H and O–H groups in total. The lowest BCUT2D eigenvalue weighted by Crippen LogP contribution is -2.36. The second kappa shape index (κ2) is 6.32. The van der Waals surface area contributed by atoms with Gasteiger partial charge >= 0.3 is 5.97 Å². The number of esters is 1. The summed E-state index contributed by atoms with van der Waals surface area (Å²) in [6.45, 7) is 1.51. The summed E-state index contributed by atoms with van der Waals surface area (Å²) in [5.41, 5.74) is 0.291. The van der Waals surface area contributed by atoms with Crippen LogP contribution >= 0.6 is 0 Å². The predicted octanol–water partition coefficient (Wildman–Crippen LogP) is 2.05. The Morgan fingerprint density at radius 1 is 1.40 bits per heavy atom. The Labute approximate surface area is 116 Å². The zero-order valence-electron chi connectivity index (χ0n) is 11.1. The number of halogens is 1. The summed E-state index contributed by atoms with van der Waals surface area (Å²) in [7, 11) is 0. The molecule has 1 fully saturated rings. The van der Waals surface area contributed by atoms with E-state index in [9.17, 15) is 14.0 Å². The van der Waals surface area contributed by atoms with Gasteiger partial charge in [-0.05, 0) is 31.9 Å². The van der Waals surface area contributed by atoms with Gasteiger partial charge in [0.15, 0.2) is 6.10 Å². The second-order valence-electron chi connectivity index (χ2n) is 4.72. The second-order valence-corrected chi connectivity index (χ2v) is 4.72. The highest BCUT2D eigenvalue weighted by atomic mass is 19.1. The van der Waals surface area contributed by atoms with Gasteiger partial charge in [0.2, 0.25) is 0 Å². The van der Waals surface area contributed by atoms with E-state index < -0.39 is 17.9 Å². The zero-order chi connectivity index (χ0) is 14.5. The van der Waals surface area contributed by atoms with Crippen LogP contribution in [-0.2, 0) is 14.3 Å². The molecule has 0 bridgehead atoms. The minimum Gasteiger partial charge on any atom is -0.449 e. The normalized spacial score (nSPS) is 15.9. The van der Waals surface area contributed by atoms with Gasteiger partial charge in [-0.3, -0.25) is 4.79 Å². The van der Waals surface area contributed by atoms with Crippen molar-refractivity contribution >= 4 is 18.0 Å². The van der Waals surface area contributed by atoms with Crippen molar-refractivity contribution in [2.24, 2.45) is 0 Å². The SMILES string of the molecule is C[C@H](OC(=O)/C=C/c1ccccc1F)C(=O)NC1CC1. The van der Waals surface area contributed by atoms with Crippen LogP contribution in [0.2, 0.25) is 0 Å². The fraction of sp³-hybridized carbons (Fsp3) is 0.333. The highest BCUT2D eigenvalue weighted by Gasteiger charge is 2.26. The molecule has 1 aromatic carbocycles. The first kappa shape index (κ1) is 14.2. The average Bonchev–Trinajstić information content (AvgIpc) is 3.21. The number of hydrogen-bond acceptors (Lipinski definition) is 3. The van der Waals surface area contributed by atoms with E-state index in [4.69, 9.17) is 4.74 Å².